The molecule has 1 fully saturated rings. The van der Waals surface area contributed by atoms with E-state index < -0.39 is 11.9 Å². The van der Waals surface area contributed by atoms with Gasteiger partial charge in [0, 0.05) is 35.5 Å². The lowest BCUT2D eigenvalue weighted by Crippen LogP contribution is -2.52. The molecule has 4 amide bonds. The van der Waals surface area contributed by atoms with Gasteiger partial charge in [-0.3, -0.25) is 29.3 Å². The van der Waals surface area contributed by atoms with Gasteiger partial charge in [-0.2, -0.15) is 0 Å². The van der Waals surface area contributed by atoms with Crippen molar-refractivity contribution >= 4 is 35.1 Å². The topological polar surface area (TPSA) is 128 Å². The van der Waals surface area contributed by atoms with E-state index >= 15 is 0 Å². The van der Waals surface area contributed by atoms with Gasteiger partial charge in [0.2, 0.25) is 11.8 Å². The second-order valence-corrected chi connectivity index (χ2v) is 8.85. The smallest absolute Gasteiger partial charge is 0.272 e. The predicted molar refractivity (Wildman–Crippen MR) is 120 cm³/mol. The van der Waals surface area contributed by atoms with E-state index in [0.717, 1.165) is 0 Å². The summed E-state index contributed by atoms with van der Waals surface area (Å²) < 4.78 is 0. The molecule has 1 aromatic carbocycles. The van der Waals surface area contributed by atoms with E-state index in [4.69, 9.17) is 0 Å². The lowest BCUT2D eigenvalue weighted by Gasteiger charge is -2.29. The highest BCUT2D eigenvalue weighted by atomic mass is 16.2. The molecule has 1 saturated heterocycles. The summed E-state index contributed by atoms with van der Waals surface area (Å²) in [6.45, 7) is 7.32. The van der Waals surface area contributed by atoms with Crippen molar-refractivity contribution in [3.63, 3.8) is 0 Å². The average molecular weight is 450 g/mol. The molecule has 2 aliphatic heterocycles. The number of imide groups is 1. The van der Waals surface area contributed by atoms with Gasteiger partial charge in [-0.05, 0) is 55.5 Å². The van der Waals surface area contributed by atoms with Crippen LogP contribution in [0.1, 0.15) is 87.6 Å². The molecule has 2 aromatic rings. The number of hydrogen-bond acceptors (Lipinski definition) is 5. The predicted octanol–water partition coefficient (Wildman–Crippen LogP) is 2.66. The Morgan fingerprint density at radius 1 is 1.18 bits per heavy atom. The molecule has 0 saturated carbocycles. The Balaban J connectivity index is 1.56. The molecule has 9 nitrogen and oxygen atoms in total. The second kappa shape index (κ2) is 8.31. The molecular weight excluding hydrogens is 424 g/mol. The Kier molecular flexibility index (Phi) is 5.65. The lowest BCUT2D eigenvalue weighted by atomic mass is 9.95. The summed E-state index contributed by atoms with van der Waals surface area (Å²) in [6.07, 6.45) is 0.477. The zero-order valence-corrected chi connectivity index (χ0v) is 19.0. The minimum absolute atomic E-state index is 0.0330. The molecule has 0 spiro atoms. The molecule has 3 heterocycles. The number of aromatic amines is 1. The number of ketones is 1. The fraction of sp³-hybridized carbons (Fsp3) is 0.375. The molecule has 0 radical (unpaired) electrons. The van der Waals surface area contributed by atoms with E-state index in [0.29, 0.717) is 39.3 Å². The summed E-state index contributed by atoms with van der Waals surface area (Å²) in [5.74, 6) is -1.58. The third-order valence-corrected chi connectivity index (χ3v) is 6.16. The zero-order chi connectivity index (χ0) is 24.0. The van der Waals surface area contributed by atoms with Crippen molar-refractivity contribution in [2.45, 2.75) is 59.0 Å². The minimum atomic E-state index is -0.693. The molecule has 1 atom stereocenters. The molecule has 9 heteroatoms. The van der Waals surface area contributed by atoms with Crippen LogP contribution in [0.15, 0.2) is 18.2 Å². The molecule has 2 aliphatic rings. The van der Waals surface area contributed by atoms with Gasteiger partial charge in [-0.1, -0.05) is 13.8 Å². The van der Waals surface area contributed by atoms with Crippen molar-refractivity contribution in [1.29, 1.82) is 0 Å². The van der Waals surface area contributed by atoms with Crippen LogP contribution in [-0.2, 0) is 16.1 Å². The van der Waals surface area contributed by atoms with Crippen LogP contribution in [0.25, 0.3) is 0 Å². The third-order valence-electron chi connectivity index (χ3n) is 6.16. The molecule has 0 aliphatic carbocycles. The Morgan fingerprint density at radius 2 is 1.91 bits per heavy atom. The Hall–Kier alpha value is -3.75. The number of aryl methyl sites for hydroxylation is 1. The van der Waals surface area contributed by atoms with Crippen LogP contribution in [-0.4, -0.2) is 45.3 Å². The van der Waals surface area contributed by atoms with Crippen LogP contribution < -0.4 is 10.6 Å². The van der Waals surface area contributed by atoms with Crippen molar-refractivity contribution in [2.24, 2.45) is 0 Å². The Labute approximate surface area is 190 Å². The number of H-pyrrole nitrogens is 1. The zero-order valence-electron chi connectivity index (χ0n) is 19.0. The van der Waals surface area contributed by atoms with Gasteiger partial charge in [0.15, 0.2) is 5.78 Å². The van der Waals surface area contributed by atoms with Crippen LogP contribution in [0.4, 0.5) is 5.69 Å². The fourth-order valence-electron chi connectivity index (χ4n) is 4.70. The van der Waals surface area contributed by atoms with E-state index in [9.17, 15) is 24.0 Å². The van der Waals surface area contributed by atoms with Crippen LogP contribution >= 0.6 is 0 Å². The number of hydrogen-bond donors (Lipinski definition) is 3. The van der Waals surface area contributed by atoms with Crippen LogP contribution in [0, 0.1) is 6.92 Å². The van der Waals surface area contributed by atoms with E-state index in [1.165, 1.54) is 11.8 Å². The normalized spacial score (nSPS) is 17.9. The molecule has 33 heavy (non-hydrogen) atoms. The third kappa shape index (κ3) is 3.94. The number of nitrogens with one attached hydrogen (secondary N) is 3. The second-order valence-electron chi connectivity index (χ2n) is 8.85. The largest absolute Gasteiger partial charge is 0.354 e. The van der Waals surface area contributed by atoms with Gasteiger partial charge in [-0.15, -0.1) is 0 Å². The summed E-state index contributed by atoms with van der Waals surface area (Å²) in [5.41, 5.74) is 3.87. The lowest BCUT2D eigenvalue weighted by molar-refractivity contribution is -0.136. The number of anilines is 1. The van der Waals surface area contributed by atoms with E-state index in [1.807, 2.05) is 13.8 Å². The fourth-order valence-corrected chi connectivity index (χ4v) is 4.70. The van der Waals surface area contributed by atoms with Gasteiger partial charge in [-0.25, -0.2) is 0 Å². The van der Waals surface area contributed by atoms with Crippen molar-refractivity contribution in [1.82, 2.24) is 15.2 Å². The molecule has 4 rings (SSSR count). The van der Waals surface area contributed by atoms with Crippen molar-refractivity contribution < 1.29 is 24.0 Å². The number of Topliss-reactive ketones (excluding diaryl/α,β-unsaturated/α-hetero) is 1. The Morgan fingerprint density at radius 3 is 2.55 bits per heavy atom. The maximum atomic E-state index is 13.1. The summed E-state index contributed by atoms with van der Waals surface area (Å²) in [4.78, 5) is 66.2. The summed E-state index contributed by atoms with van der Waals surface area (Å²) in [5, 5.41) is 5.13. The molecule has 0 bridgehead atoms. The first kappa shape index (κ1) is 22.4. The minimum Gasteiger partial charge on any atom is -0.354 e. The quantitative estimate of drug-likeness (QED) is 0.477. The van der Waals surface area contributed by atoms with Gasteiger partial charge in [0.1, 0.15) is 11.7 Å². The van der Waals surface area contributed by atoms with Crippen LogP contribution in [0.5, 0.6) is 0 Å². The number of carbonyl (C=O) groups is 5. The highest BCUT2D eigenvalue weighted by molar-refractivity contribution is 6.09. The molecule has 1 unspecified atom stereocenters. The van der Waals surface area contributed by atoms with Gasteiger partial charge in [0.05, 0.1) is 0 Å². The maximum absolute atomic E-state index is 13.1. The number of amides is 4. The first-order chi connectivity index (χ1) is 15.6. The highest BCUT2D eigenvalue weighted by Crippen LogP contribution is 2.31. The Bertz CT molecular complexity index is 1210. The summed E-state index contributed by atoms with van der Waals surface area (Å²) in [7, 11) is 0. The molecule has 172 valence electrons. The van der Waals surface area contributed by atoms with Crippen molar-refractivity contribution in [3.05, 3.63) is 51.8 Å². The highest BCUT2D eigenvalue weighted by Gasteiger charge is 2.39. The first-order valence-corrected chi connectivity index (χ1v) is 10.9. The van der Waals surface area contributed by atoms with Crippen LogP contribution in [0.2, 0.25) is 0 Å². The SMILES string of the molecule is CC(=O)c1c(C)[nH]c(C(=O)Nc2ccc3c(c2)CN(C2CCC(=O)NC2=O)C3=O)c1C(C)C. The number of piperidine rings is 1. The number of rotatable bonds is 5. The summed E-state index contributed by atoms with van der Waals surface area (Å²) in [6, 6.07) is 4.29. The number of aromatic nitrogens is 1. The van der Waals surface area contributed by atoms with Crippen molar-refractivity contribution in [2.75, 3.05) is 5.32 Å². The molecule has 1 aromatic heterocycles. The average Bonchev–Trinajstić information content (AvgIpc) is 3.25. The maximum Gasteiger partial charge on any atom is 0.272 e. The van der Waals surface area contributed by atoms with E-state index in [-0.39, 0.29) is 48.8 Å². The summed E-state index contributed by atoms with van der Waals surface area (Å²) >= 11 is 0. The van der Waals surface area contributed by atoms with Gasteiger partial charge >= 0.3 is 0 Å². The number of fused-ring (bicyclic) bond motifs is 1. The van der Waals surface area contributed by atoms with E-state index in [1.54, 1.807) is 25.1 Å². The van der Waals surface area contributed by atoms with Gasteiger partial charge in [0.25, 0.3) is 11.8 Å². The number of carbonyl (C=O) groups excluding carboxylic acids is 5. The van der Waals surface area contributed by atoms with Crippen LogP contribution in [0.3, 0.4) is 0 Å². The standard InChI is InChI=1S/C24H26N4O5/c1-11(2)19-20(13(4)29)12(3)25-21(19)23(32)26-15-5-6-16-14(9-15)10-28(24(16)33)17-7-8-18(30)27-22(17)31/h5-6,9,11,17,25H,7-8,10H2,1-4H3,(H,26,32)(H,27,30,31). The van der Waals surface area contributed by atoms with E-state index in [2.05, 4.69) is 15.6 Å². The monoisotopic (exact) mass is 450 g/mol. The number of benzene rings is 1. The number of nitrogens with zero attached hydrogens (tertiary/aromatic N) is 1. The first-order valence-electron chi connectivity index (χ1n) is 10.9. The molecular formula is C24H26N4O5. The molecule has 3 N–H and O–H groups in total. The van der Waals surface area contributed by atoms with Gasteiger partial charge < -0.3 is 15.2 Å². The van der Waals surface area contributed by atoms with Crippen molar-refractivity contribution in [3.8, 4) is 0 Å².